The summed E-state index contributed by atoms with van der Waals surface area (Å²) >= 11 is 12.1. The fourth-order valence-corrected chi connectivity index (χ4v) is 4.78. The number of anilines is 3. The van der Waals surface area contributed by atoms with Crippen molar-refractivity contribution in [3.63, 3.8) is 0 Å². The number of carbonyl (C=O) groups excluding carboxylic acids is 1. The maximum Gasteiger partial charge on any atom is 0.261 e. The Morgan fingerprint density at radius 3 is 2.00 bits per heavy atom. The summed E-state index contributed by atoms with van der Waals surface area (Å²) in [6.45, 7) is 0. The van der Waals surface area contributed by atoms with Crippen molar-refractivity contribution < 1.29 is 21.6 Å². The molecule has 0 saturated heterocycles. The molecule has 3 N–H and O–H groups in total. The van der Waals surface area contributed by atoms with Gasteiger partial charge in [0.15, 0.2) is 0 Å². The predicted octanol–water partition coefficient (Wildman–Crippen LogP) is 4.42. The number of amides is 1. The molecule has 0 saturated carbocycles. The third kappa shape index (κ3) is 6.13. The molecule has 0 aliphatic carbocycles. The van der Waals surface area contributed by atoms with Gasteiger partial charge in [-0.2, -0.15) is 0 Å². The summed E-state index contributed by atoms with van der Waals surface area (Å²) in [6.07, 6.45) is 0.995. The van der Waals surface area contributed by atoms with Crippen LogP contribution < -0.4 is 14.8 Å². The van der Waals surface area contributed by atoms with Crippen LogP contribution in [0.15, 0.2) is 71.6 Å². The van der Waals surface area contributed by atoms with Gasteiger partial charge >= 0.3 is 0 Å². The van der Waals surface area contributed by atoms with E-state index in [2.05, 4.69) is 14.8 Å². The zero-order valence-electron chi connectivity index (χ0n) is 16.5. The average Bonchev–Trinajstić information content (AvgIpc) is 2.69. The average molecular weight is 514 g/mol. The highest BCUT2D eigenvalue weighted by atomic mass is 35.5. The second-order valence-electron chi connectivity index (χ2n) is 6.63. The van der Waals surface area contributed by atoms with Gasteiger partial charge in [0.05, 0.1) is 32.4 Å². The highest BCUT2D eigenvalue weighted by Crippen LogP contribution is 2.26. The first-order valence-corrected chi connectivity index (χ1v) is 13.0. The van der Waals surface area contributed by atoms with Crippen LogP contribution in [-0.4, -0.2) is 29.0 Å². The Bertz CT molecular complexity index is 1380. The maximum atomic E-state index is 12.6. The van der Waals surface area contributed by atoms with Crippen LogP contribution in [0.2, 0.25) is 10.0 Å². The van der Waals surface area contributed by atoms with Crippen LogP contribution in [0.5, 0.6) is 0 Å². The molecule has 32 heavy (non-hydrogen) atoms. The molecular weight excluding hydrogens is 497 g/mol. The van der Waals surface area contributed by atoms with Crippen molar-refractivity contribution >= 4 is 66.2 Å². The quantitative estimate of drug-likeness (QED) is 0.431. The highest BCUT2D eigenvalue weighted by Gasteiger charge is 2.17. The lowest BCUT2D eigenvalue weighted by Crippen LogP contribution is -2.15. The van der Waals surface area contributed by atoms with E-state index in [0.717, 1.165) is 6.26 Å². The molecule has 0 atom stereocenters. The van der Waals surface area contributed by atoms with E-state index < -0.39 is 26.0 Å². The fourth-order valence-electron chi connectivity index (χ4n) is 2.64. The molecule has 1 amide bonds. The van der Waals surface area contributed by atoms with Crippen molar-refractivity contribution in [3.05, 3.63) is 82.3 Å². The van der Waals surface area contributed by atoms with E-state index in [1.165, 1.54) is 48.5 Å². The van der Waals surface area contributed by atoms with Crippen molar-refractivity contribution in [2.24, 2.45) is 0 Å². The van der Waals surface area contributed by atoms with Gasteiger partial charge in [0.1, 0.15) is 0 Å². The first-order chi connectivity index (χ1) is 14.9. The van der Waals surface area contributed by atoms with Gasteiger partial charge in [0.25, 0.3) is 15.9 Å². The number of para-hydroxylation sites is 1. The molecule has 0 aromatic heterocycles. The Morgan fingerprint density at radius 1 is 0.781 bits per heavy atom. The summed E-state index contributed by atoms with van der Waals surface area (Å²) in [5.74, 6) is -0.550. The second kappa shape index (κ2) is 9.37. The van der Waals surface area contributed by atoms with Gasteiger partial charge < -0.3 is 5.32 Å². The summed E-state index contributed by atoms with van der Waals surface area (Å²) in [6, 6.07) is 16.0. The Labute approximate surface area is 195 Å². The molecule has 3 aromatic rings. The first-order valence-electron chi connectivity index (χ1n) is 8.91. The van der Waals surface area contributed by atoms with Crippen molar-refractivity contribution in [2.75, 3.05) is 21.0 Å². The molecule has 3 aromatic carbocycles. The largest absolute Gasteiger partial charge is 0.322 e. The fraction of sp³-hybridized carbons (Fsp3) is 0.0500. The Morgan fingerprint density at radius 2 is 1.41 bits per heavy atom. The highest BCUT2D eigenvalue weighted by molar-refractivity contribution is 7.92. The molecule has 8 nitrogen and oxygen atoms in total. The third-order valence-electron chi connectivity index (χ3n) is 4.06. The SMILES string of the molecule is CS(=O)(=O)Nc1ccc(C(=O)Nc2ccc(S(=O)(=O)Nc3ccccc3Cl)cc2)c(Cl)c1. The minimum absolute atomic E-state index is 0.0235. The number of hydrogen-bond donors (Lipinski definition) is 3. The molecule has 3 rings (SSSR count). The van der Waals surface area contributed by atoms with Gasteiger partial charge in [0, 0.05) is 11.4 Å². The molecule has 0 spiro atoms. The van der Waals surface area contributed by atoms with Crippen LogP contribution in [0.4, 0.5) is 17.1 Å². The van der Waals surface area contributed by atoms with E-state index >= 15 is 0 Å². The normalized spacial score (nSPS) is 11.6. The van der Waals surface area contributed by atoms with Crippen LogP contribution in [0.1, 0.15) is 10.4 Å². The van der Waals surface area contributed by atoms with Gasteiger partial charge in [-0.15, -0.1) is 0 Å². The summed E-state index contributed by atoms with van der Waals surface area (Å²) in [4.78, 5) is 12.5. The van der Waals surface area contributed by atoms with Crippen molar-refractivity contribution in [2.45, 2.75) is 4.90 Å². The molecule has 0 heterocycles. The summed E-state index contributed by atoms with van der Waals surface area (Å²) < 4.78 is 52.4. The summed E-state index contributed by atoms with van der Waals surface area (Å²) in [5.41, 5.74) is 0.911. The first kappa shape index (κ1) is 23.9. The number of carbonyl (C=O) groups is 1. The number of benzene rings is 3. The predicted molar refractivity (Wildman–Crippen MR) is 127 cm³/mol. The number of rotatable bonds is 7. The number of nitrogens with one attached hydrogen (secondary N) is 3. The molecule has 0 radical (unpaired) electrons. The minimum Gasteiger partial charge on any atom is -0.322 e. The lowest BCUT2D eigenvalue weighted by molar-refractivity contribution is 0.102. The summed E-state index contributed by atoms with van der Waals surface area (Å²) in [5, 5.41) is 2.91. The smallest absolute Gasteiger partial charge is 0.261 e. The van der Waals surface area contributed by atoms with Crippen LogP contribution in [-0.2, 0) is 20.0 Å². The van der Waals surface area contributed by atoms with Crippen LogP contribution in [0.25, 0.3) is 0 Å². The molecule has 0 bridgehead atoms. The van der Waals surface area contributed by atoms with E-state index in [0.29, 0.717) is 5.69 Å². The molecule has 12 heteroatoms. The van der Waals surface area contributed by atoms with Crippen LogP contribution in [0.3, 0.4) is 0 Å². The van der Waals surface area contributed by atoms with Crippen molar-refractivity contribution in [3.8, 4) is 0 Å². The zero-order valence-corrected chi connectivity index (χ0v) is 19.6. The third-order valence-corrected chi connectivity index (χ3v) is 6.69. The van der Waals surface area contributed by atoms with Crippen LogP contribution in [0, 0.1) is 0 Å². The van der Waals surface area contributed by atoms with Crippen molar-refractivity contribution in [1.82, 2.24) is 0 Å². The van der Waals surface area contributed by atoms with Gasteiger partial charge in [0.2, 0.25) is 10.0 Å². The lowest BCUT2D eigenvalue weighted by Gasteiger charge is -2.11. The maximum absolute atomic E-state index is 12.6. The Balaban J connectivity index is 1.73. The van der Waals surface area contributed by atoms with Gasteiger partial charge in [-0.3, -0.25) is 14.2 Å². The molecule has 0 aliphatic rings. The monoisotopic (exact) mass is 513 g/mol. The Hall–Kier alpha value is -2.79. The van der Waals surface area contributed by atoms with Gasteiger partial charge in [-0.1, -0.05) is 35.3 Å². The van der Waals surface area contributed by atoms with Crippen molar-refractivity contribution in [1.29, 1.82) is 0 Å². The van der Waals surface area contributed by atoms with Crippen LogP contribution >= 0.6 is 23.2 Å². The van der Waals surface area contributed by atoms with Gasteiger partial charge in [-0.05, 0) is 54.6 Å². The lowest BCUT2D eigenvalue weighted by atomic mass is 10.2. The molecule has 168 valence electrons. The molecule has 0 aliphatic heterocycles. The van der Waals surface area contributed by atoms with E-state index in [1.807, 2.05) is 0 Å². The van der Waals surface area contributed by atoms with E-state index in [4.69, 9.17) is 23.2 Å². The topological polar surface area (TPSA) is 121 Å². The number of hydrogen-bond acceptors (Lipinski definition) is 5. The number of halogens is 2. The second-order valence-corrected chi connectivity index (χ2v) is 10.9. The van der Waals surface area contributed by atoms with E-state index in [-0.39, 0.29) is 31.9 Å². The molecule has 0 fully saturated rings. The summed E-state index contributed by atoms with van der Waals surface area (Å²) in [7, 11) is -7.37. The minimum atomic E-state index is -3.88. The number of sulfonamides is 2. The Kier molecular flexibility index (Phi) is 6.99. The van der Waals surface area contributed by atoms with Gasteiger partial charge in [-0.25, -0.2) is 16.8 Å². The standard InChI is InChI=1S/C20H17Cl2N3O5S2/c1-31(27,28)24-14-8-11-16(18(22)12-14)20(26)23-13-6-9-15(10-7-13)32(29,30)25-19-5-3-2-4-17(19)21/h2-12,24-25H,1H3,(H,23,26). The van der Waals surface area contributed by atoms with E-state index in [9.17, 15) is 21.6 Å². The molecule has 0 unspecified atom stereocenters. The van der Waals surface area contributed by atoms with E-state index in [1.54, 1.807) is 18.2 Å². The zero-order chi connectivity index (χ0) is 23.5. The molecular formula is C20H17Cl2N3O5S2.